The fourth-order valence-corrected chi connectivity index (χ4v) is 1.15. The molecule has 1 unspecified atom stereocenters. The molecule has 0 saturated heterocycles. The molecule has 16 heavy (non-hydrogen) atoms. The zero-order chi connectivity index (χ0) is 12.8. The lowest BCUT2D eigenvalue weighted by atomic mass is 10.0. The Morgan fingerprint density at radius 2 is 1.88 bits per heavy atom. The quantitative estimate of drug-likeness (QED) is 0.680. The van der Waals surface area contributed by atoms with Crippen molar-refractivity contribution in [2.75, 3.05) is 13.2 Å². The largest absolute Gasteiger partial charge is 0.460 e. The molecule has 0 aliphatic heterocycles. The van der Waals surface area contributed by atoms with E-state index in [1.165, 1.54) is 0 Å². The number of rotatable bonds is 6. The minimum absolute atomic E-state index is 0.0673. The average molecular weight is 231 g/mol. The van der Waals surface area contributed by atoms with Gasteiger partial charge in [-0.05, 0) is 34.1 Å². The van der Waals surface area contributed by atoms with Gasteiger partial charge in [-0.1, -0.05) is 6.92 Å². The van der Waals surface area contributed by atoms with Crippen LogP contribution in [0.3, 0.4) is 0 Å². The van der Waals surface area contributed by atoms with E-state index in [-0.39, 0.29) is 18.1 Å². The summed E-state index contributed by atoms with van der Waals surface area (Å²) in [6, 6.07) is 0. The molecule has 4 nitrogen and oxygen atoms in total. The van der Waals surface area contributed by atoms with Crippen molar-refractivity contribution < 1.29 is 14.6 Å². The number of carbonyl (C=O) groups excluding carboxylic acids is 1. The van der Waals surface area contributed by atoms with Crippen LogP contribution in [0.15, 0.2) is 0 Å². The van der Waals surface area contributed by atoms with Gasteiger partial charge in [-0.25, -0.2) is 0 Å². The van der Waals surface area contributed by atoms with Gasteiger partial charge in [-0.2, -0.15) is 0 Å². The number of nitrogens with one attached hydrogen (secondary N) is 1. The van der Waals surface area contributed by atoms with Crippen LogP contribution in [0.4, 0.5) is 0 Å². The highest BCUT2D eigenvalue weighted by atomic mass is 16.6. The third-order valence-corrected chi connectivity index (χ3v) is 2.43. The predicted molar refractivity (Wildman–Crippen MR) is 64.2 cm³/mol. The van der Waals surface area contributed by atoms with Crippen molar-refractivity contribution in [3.05, 3.63) is 0 Å². The third-order valence-electron chi connectivity index (χ3n) is 2.43. The molecule has 0 aromatic carbocycles. The molecule has 0 aromatic rings. The van der Waals surface area contributed by atoms with Crippen molar-refractivity contribution in [3.8, 4) is 0 Å². The van der Waals surface area contributed by atoms with Crippen molar-refractivity contribution in [2.24, 2.45) is 0 Å². The molecule has 0 aliphatic carbocycles. The van der Waals surface area contributed by atoms with Crippen LogP contribution < -0.4 is 5.32 Å². The SMILES string of the molecule is CCC(C)(CO)NCCC(=O)OC(C)(C)C. The van der Waals surface area contributed by atoms with Gasteiger partial charge in [0.15, 0.2) is 0 Å². The highest BCUT2D eigenvalue weighted by Crippen LogP contribution is 2.09. The van der Waals surface area contributed by atoms with Gasteiger partial charge in [0, 0.05) is 12.1 Å². The normalized spacial score (nSPS) is 15.6. The summed E-state index contributed by atoms with van der Waals surface area (Å²) in [5.41, 5.74) is -0.732. The summed E-state index contributed by atoms with van der Waals surface area (Å²) in [5, 5.41) is 12.3. The summed E-state index contributed by atoms with van der Waals surface area (Å²) in [5.74, 6) is -0.212. The maximum Gasteiger partial charge on any atom is 0.307 e. The van der Waals surface area contributed by atoms with Crippen LogP contribution in [0.1, 0.15) is 47.5 Å². The van der Waals surface area contributed by atoms with Gasteiger partial charge >= 0.3 is 5.97 Å². The van der Waals surface area contributed by atoms with Gasteiger partial charge in [0.1, 0.15) is 5.60 Å². The predicted octanol–water partition coefficient (Wildman–Crippen LogP) is 1.47. The second kappa shape index (κ2) is 6.21. The molecule has 0 bridgehead atoms. The molecule has 0 heterocycles. The maximum atomic E-state index is 11.4. The molecule has 0 amide bonds. The second-order valence-corrected chi connectivity index (χ2v) is 5.34. The summed E-state index contributed by atoms with van der Waals surface area (Å²) in [7, 11) is 0. The molecule has 4 heteroatoms. The lowest BCUT2D eigenvalue weighted by Crippen LogP contribution is -2.46. The van der Waals surface area contributed by atoms with Crippen LogP contribution in [-0.4, -0.2) is 35.4 Å². The summed E-state index contributed by atoms with van der Waals surface area (Å²) >= 11 is 0. The minimum atomic E-state index is -0.428. The standard InChI is InChI=1S/C12H25NO3/c1-6-12(5,9-14)13-8-7-10(15)16-11(2,3)4/h13-14H,6-9H2,1-5H3. The van der Waals surface area contributed by atoms with E-state index < -0.39 is 5.60 Å². The molecular formula is C12H25NO3. The molecule has 0 radical (unpaired) electrons. The average Bonchev–Trinajstić information content (AvgIpc) is 2.14. The Labute approximate surface area is 98.4 Å². The number of aliphatic hydroxyl groups is 1. The van der Waals surface area contributed by atoms with Gasteiger partial charge in [0.05, 0.1) is 13.0 Å². The Balaban J connectivity index is 3.86. The fraction of sp³-hybridized carbons (Fsp3) is 0.917. The first-order valence-corrected chi connectivity index (χ1v) is 5.80. The number of ether oxygens (including phenoxy) is 1. The van der Waals surface area contributed by atoms with E-state index in [1.54, 1.807) is 0 Å². The van der Waals surface area contributed by atoms with Crippen LogP contribution in [0.25, 0.3) is 0 Å². The van der Waals surface area contributed by atoms with E-state index in [4.69, 9.17) is 9.84 Å². The van der Waals surface area contributed by atoms with Gasteiger partial charge in [0.25, 0.3) is 0 Å². The lowest BCUT2D eigenvalue weighted by molar-refractivity contribution is -0.154. The molecule has 1 atom stereocenters. The Morgan fingerprint density at radius 1 is 1.31 bits per heavy atom. The number of hydrogen-bond donors (Lipinski definition) is 2. The highest BCUT2D eigenvalue weighted by Gasteiger charge is 2.21. The smallest absolute Gasteiger partial charge is 0.307 e. The number of esters is 1. The first-order chi connectivity index (χ1) is 7.22. The summed E-state index contributed by atoms with van der Waals surface area (Å²) in [4.78, 5) is 11.4. The molecule has 0 aliphatic rings. The highest BCUT2D eigenvalue weighted by molar-refractivity contribution is 5.70. The van der Waals surface area contributed by atoms with Crippen molar-refractivity contribution in [2.45, 2.75) is 58.6 Å². The van der Waals surface area contributed by atoms with E-state index in [0.29, 0.717) is 13.0 Å². The Hall–Kier alpha value is -0.610. The van der Waals surface area contributed by atoms with Gasteiger partial charge in [-0.15, -0.1) is 0 Å². The van der Waals surface area contributed by atoms with Crippen LogP contribution in [0.5, 0.6) is 0 Å². The van der Waals surface area contributed by atoms with Crippen molar-refractivity contribution >= 4 is 5.97 Å². The molecule has 0 fully saturated rings. The van der Waals surface area contributed by atoms with E-state index in [0.717, 1.165) is 6.42 Å². The molecular weight excluding hydrogens is 206 g/mol. The van der Waals surface area contributed by atoms with E-state index in [2.05, 4.69) is 5.32 Å². The summed E-state index contributed by atoms with van der Waals surface area (Å²) in [6.45, 7) is 10.1. The Morgan fingerprint density at radius 3 is 2.25 bits per heavy atom. The minimum Gasteiger partial charge on any atom is -0.460 e. The van der Waals surface area contributed by atoms with Crippen LogP contribution in [-0.2, 0) is 9.53 Å². The Kier molecular flexibility index (Phi) is 5.97. The summed E-state index contributed by atoms with van der Waals surface area (Å²) in [6.07, 6.45) is 1.14. The Bertz CT molecular complexity index is 217. The van der Waals surface area contributed by atoms with Crippen molar-refractivity contribution in [1.82, 2.24) is 5.32 Å². The van der Waals surface area contributed by atoms with Gasteiger partial charge < -0.3 is 15.2 Å². The monoisotopic (exact) mass is 231 g/mol. The molecule has 2 N–H and O–H groups in total. The lowest BCUT2D eigenvalue weighted by Gasteiger charge is -2.27. The van der Waals surface area contributed by atoms with Crippen molar-refractivity contribution in [1.29, 1.82) is 0 Å². The molecule has 0 rings (SSSR count). The summed E-state index contributed by atoms with van der Waals surface area (Å²) < 4.78 is 5.18. The van der Waals surface area contributed by atoms with Crippen molar-refractivity contribution in [3.63, 3.8) is 0 Å². The first-order valence-electron chi connectivity index (χ1n) is 5.80. The van der Waals surface area contributed by atoms with E-state index >= 15 is 0 Å². The maximum absolute atomic E-state index is 11.4. The number of carbonyl (C=O) groups is 1. The molecule has 96 valence electrons. The molecule has 0 aromatic heterocycles. The van der Waals surface area contributed by atoms with E-state index in [9.17, 15) is 4.79 Å². The van der Waals surface area contributed by atoms with E-state index in [1.807, 2.05) is 34.6 Å². The first kappa shape index (κ1) is 15.4. The van der Waals surface area contributed by atoms with Crippen LogP contribution >= 0.6 is 0 Å². The van der Waals surface area contributed by atoms with Gasteiger partial charge in [0.2, 0.25) is 0 Å². The number of hydrogen-bond acceptors (Lipinski definition) is 4. The molecule has 0 saturated carbocycles. The zero-order valence-electron chi connectivity index (χ0n) is 11.1. The van der Waals surface area contributed by atoms with Crippen LogP contribution in [0.2, 0.25) is 0 Å². The topological polar surface area (TPSA) is 58.6 Å². The number of aliphatic hydroxyl groups excluding tert-OH is 1. The fourth-order valence-electron chi connectivity index (χ4n) is 1.15. The van der Waals surface area contributed by atoms with Crippen LogP contribution in [0, 0.1) is 0 Å². The van der Waals surface area contributed by atoms with Gasteiger partial charge in [-0.3, -0.25) is 4.79 Å². The zero-order valence-corrected chi connectivity index (χ0v) is 11.1. The molecule has 0 spiro atoms. The third kappa shape index (κ3) is 6.80. The second-order valence-electron chi connectivity index (χ2n) is 5.34.